The van der Waals surface area contributed by atoms with Crippen LogP contribution < -0.4 is 11.5 Å². The number of unbranched alkanes of at least 4 members (excludes halogenated alkanes) is 1. The first-order valence-electron chi connectivity index (χ1n) is 5.17. The maximum Gasteiger partial charge on any atom is 0.166 e. The van der Waals surface area contributed by atoms with Gasteiger partial charge in [0, 0.05) is 11.6 Å². The van der Waals surface area contributed by atoms with E-state index in [0.29, 0.717) is 19.4 Å². The Balaban J connectivity index is 0.00000256. The van der Waals surface area contributed by atoms with Gasteiger partial charge < -0.3 is 11.5 Å². The van der Waals surface area contributed by atoms with Gasteiger partial charge in [-0.25, -0.2) is 13.2 Å². The van der Waals surface area contributed by atoms with Gasteiger partial charge in [-0.1, -0.05) is 6.42 Å². The van der Waals surface area contributed by atoms with Crippen LogP contribution in [0, 0.1) is 17.5 Å². The highest BCUT2D eigenvalue weighted by atomic mass is 35.5. The summed E-state index contributed by atoms with van der Waals surface area (Å²) in [6.07, 6.45) is 1.77. The summed E-state index contributed by atoms with van der Waals surface area (Å²) in [5.41, 5.74) is 10.5. The van der Waals surface area contributed by atoms with Crippen LogP contribution in [0.25, 0.3) is 0 Å². The average Bonchev–Trinajstić information content (AvgIpc) is 2.24. The van der Waals surface area contributed by atoms with Crippen LogP contribution in [0.15, 0.2) is 12.1 Å². The van der Waals surface area contributed by atoms with Crippen molar-refractivity contribution in [3.05, 3.63) is 35.1 Å². The minimum Gasteiger partial charge on any atom is -0.330 e. The third-order valence-electron chi connectivity index (χ3n) is 2.42. The largest absolute Gasteiger partial charge is 0.330 e. The molecule has 0 fully saturated rings. The number of rotatable bonds is 5. The van der Waals surface area contributed by atoms with Crippen LogP contribution in [0.5, 0.6) is 0 Å². The molecule has 1 aromatic rings. The Morgan fingerprint density at radius 1 is 1.06 bits per heavy atom. The second-order valence-corrected chi connectivity index (χ2v) is 3.65. The summed E-state index contributed by atoms with van der Waals surface area (Å²) in [5, 5.41) is 0. The third kappa shape index (κ3) is 4.18. The van der Waals surface area contributed by atoms with Crippen LogP contribution >= 0.6 is 12.4 Å². The molecule has 0 saturated heterocycles. The summed E-state index contributed by atoms with van der Waals surface area (Å²) in [7, 11) is 0. The lowest BCUT2D eigenvalue weighted by Crippen LogP contribution is -2.15. The average molecular weight is 269 g/mol. The molecule has 4 N–H and O–H groups in total. The Hall–Kier alpha value is -0.780. The Kier molecular flexibility index (Phi) is 7.18. The first kappa shape index (κ1) is 16.2. The summed E-state index contributed by atoms with van der Waals surface area (Å²) in [4.78, 5) is 0. The summed E-state index contributed by atoms with van der Waals surface area (Å²) in [5.74, 6) is -3.08. The maximum absolute atomic E-state index is 13.3. The lowest BCUT2D eigenvalue weighted by molar-refractivity contribution is 0.454. The predicted octanol–water partition coefficient (Wildman–Crippen LogP) is 2.65. The van der Waals surface area contributed by atoms with E-state index in [2.05, 4.69) is 0 Å². The van der Waals surface area contributed by atoms with E-state index >= 15 is 0 Å². The molecule has 0 heterocycles. The van der Waals surface area contributed by atoms with E-state index in [-0.39, 0.29) is 18.0 Å². The van der Waals surface area contributed by atoms with Gasteiger partial charge in [-0.2, -0.15) is 0 Å². The first-order chi connectivity index (χ1) is 7.57. The normalized spacial score (nSPS) is 12.1. The van der Waals surface area contributed by atoms with Gasteiger partial charge in [0.25, 0.3) is 0 Å². The predicted molar refractivity (Wildman–Crippen MR) is 63.4 cm³/mol. The second-order valence-electron chi connectivity index (χ2n) is 3.65. The zero-order valence-corrected chi connectivity index (χ0v) is 10.1. The molecule has 0 saturated carbocycles. The summed E-state index contributed by atoms with van der Waals surface area (Å²) in [6.45, 7) is 0.501. The van der Waals surface area contributed by atoms with E-state index in [1.165, 1.54) is 0 Å². The Labute approximate surface area is 105 Å². The molecule has 6 heteroatoms. The molecule has 98 valence electrons. The quantitative estimate of drug-likeness (QED) is 0.637. The van der Waals surface area contributed by atoms with Crippen LogP contribution in [0.1, 0.15) is 30.9 Å². The lowest BCUT2D eigenvalue weighted by Gasteiger charge is -2.13. The van der Waals surface area contributed by atoms with E-state index in [9.17, 15) is 13.2 Å². The first-order valence-corrected chi connectivity index (χ1v) is 5.17. The van der Waals surface area contributed by atoms with Crippen LogP contribution in [-0.4, -0.2) is 6.54 Å². The monoisotopic (exact) mass is 268 g/mol. The molecule has 17 heavy (non-hydrogen) atoms. The standard InChI is InChI=1S/C11H15F3N2.ClH/c12-7-4-5-8(13)11(14)10(7)9(16)3-1-2-6-15;/h4-5,9H,1-3,6,15-16H2;1H/t9-;/m1./s1. The fourth-order valence-corrected chi connectivity index (χ4v) is 1.54. The van der Waals surface area contributed by atoms with E-state index in [0.717, 1.165) is 18.6 Å². The molecule has 0 amide bonds. The molecule has 0 bridgehead atoms. The topological polar surface area (TPSA) is 52.0 Å². The molecule has 0 spiro atoms. The van der Waals surface area contributed by atoms with Gasteiger partial charge in [-0.3, -0.25) is 0 Å². The molecule has 2 nitrogen and oxygen atoms in total. The minimum atomic E-state index is -1.19. The molecular weight excluding hydrogens is 253 g/mol. The molecule has 0 aliphatic rings. The van der Waals surface area contributed by atoms with Gasteiger partial charge in [0.2, 0.25) is 0 Å². The maximum atomic E-state index is 13.3. The molecule has 1 atom stereocenters. The van der Waals surface area contributed by atoms with Crippen molar-refractivity contribution in [2.45, 2.75) is 25.3 Å². The fraction of sp³-hybridized carbons (Fsp3) is 0.455. The zero-order valence-electron chi connectivity index (χ0n) is 9.26. The number of hydrogen-bond donors (Lipinski definition) is 2. The van der Waals surface area contributed by atoms with Crippen LogP contribution in [0.2, 0.25) is 0 Å². The van der Waals surface area contributed by atoms with E-state index < -0.39 is 23.5 Å². The van der Waals surface area contributed by atoms with E-state index in [1.807, 2.05) is 0 Å². The Morgan fingerprint density at radius 3 is 2.24 bits per heavy atom. The smallest absolute Gasteiger partial charge is 0.166 e. The highest BCUT2D eigenvalue weighted by molar-refractivity contribution is 5.85. The van der Waals surface area contributed by atoms with Crippen molar-refractivity contribution >= 4 is 12.4 Å². The van der Waals surface area contributed by atoms with Crippen molar-refractivity contribution in [2.75, 3.05) is 6.54 Å². The zero-order chi connectivity index (χ0) is 12.1. The van der Waals surface area contributed by atoms with Crippen molar-refractivity contribution in [3.63, 3.8) is 0 Å². The van der Waals surface area contributed by atoms with Gasteiger partial charge in [0.1, 0.15) is 5.82 Å². The van der Waals surface area contributed by atoms with Crippen LogP contribution in [0.4, 0.5) is 13.2 Å². The molecule has 0 aliphatic heterocycles. The number of nitrogens with two attached hydrogens (primary N) is 2. The van der Waals surface area contributed by atoms with Gasteiger partial charge in [0.15, 0.2) is 11.6 Å². The lowest BCUT2D eigenvalue weighted by atomic mass is 10.0. The van der Waals surface area contributed by atoms with Crippen molar-refractivity contribution in [3.8, 4) is 0 Å². The molecule has 0 aliphatic carbocycles. The fourth-order valence-electron chi connectivity index (χ4n) is 1.54. The number of hydrogen-bond acceptors (Lipinski definition) is 2. The Bertz CT molecular complexity index is 361. The van der Waals surface area contributed by atoms with E-state index in [4.69, 9.17) is 11.5 Å². The molecule has 1 rings (SSSR count). The van der Waals surface area contributed by atoms with Gasteiger partial charge in [-0.15, -0.1) is 12.4 Å². The van der Waals surface area contributed by atoms with Crippen molar-refractivity contribution < 1.29 is 13.2 Å². The van der Waals surface area contributed by atoms with E-state index in [1.54, 1.807) is 0 Å². The van der Waals surface area contributed by atoms with Crippen molar-refractivity contribution in [1.29, 1.82) is 0 Å². The molecule has 0 aromatic heterocycles. The van der Waals surface area contributed by atoms with Crippen LogP contribution in [-0.2, 0) is 0 Å². The minimum absolute atomic E-state index is 0. The molecular formula is C11H16ClF3N2. The summed E-state index contributed by atoms with van der Waals surface area (Å²) in [6, 6.07) is 0.805. The van der Waals surface area contributed by atoms with Gasteiger partial charge >= 0.3 is 0 Å². The summed E-state index contributed by atoms with van der Waals surface area (Å²) < 4.78 is 39.5. The van der Waals surface area contributed by atoms with Gasteiger partial charge in [0.05, 0.1) is 0 Å². The highest BCUT2D eigenvalue weighted by Gasteiger charge is 2.19. The molecule has 0 unspecified atom stereocenters. The van der Waals surface area contributed by atoms with Crippen LogP contribution in [0.3, 0.4) is 0 Å². The number of halogens is 4. The number of benzene rings is 1. The SMILES string of the molecule is Cl.NCCCC[C@@H](N)c1c(F)ccc(F)c1F. The van der Waals surface area contributed by atoms with Gasteiger partial charge in [-0.05, 0) is 31.5 Å². The summed E-state index contributed by atoms with van der Waals surface area (Å²) >= 11 is 0. The Morgan fingerprint density at radius 2 is 1.65 bits per heavy atom. The highest BCUT2D eigenvalue weighted by Crippen LogP contribution is 2.24. The third-order valence-corrected chi connectivity index (χ3v) is 2.42. The second kappa shape index (κ2) is 7.53. The molecule has 0 radical (unpaired) electrons. The molecule has 1 aromatic carbocycles. The van der Waals surface area contributed by atoms with Crippen molar-refractivity contribution in [1.82, 2.24) is 0 Å². The van der Waals surface area contributed by atoms with Crippen molar-refractivity contribution in [2.24, 2.45) is 11.5 Å².